The van der Waals surface area contributed by atoms with Crippen LogP contribution in [0.3, 0.4) is 0 Å². The number of benzene rings is 2. The van der Waals surface area contributed by atoms with Crippen LogP contribution >= 0.6 is 15.9 Å². The van der Waals surface area contributed by atoms with Crippen molar-refractivity contribution in [1.29, 1.82) is 0 Å². The lowest BCUT2D eigenvalue weighted by Crippen LogP contribution is -2.23. The van der Waals surface area contributed by atoms with E-state index in [4.69, 9.17) is 14.0 Å². The first-order chi connectivity index (χ1) is 14.6. The minimum atomic E-state index is -0.275. The van der Waals surface area contributed by atoms with E-state index in [1.54, 1.807) is 32.4 Å². The standard InChI is InChI=1S/C21H17BrN4O4/c1-28-17-9-5-14(11-18(17)29-2)16-8-10-20(27)26(24-16)12-19-23-21(25-30-19)13-3-6-15(22)7-4-13/h3-11H,12H2,1-2H3. The lowest BCUT2D eigenvalue weighted by atomic mass is 10.1. The van der Waals surface area contributed by atoms with Crippen molar-refractivity contribution in [3.05, 3.63) is 75.3 Å². The molecule has 9 heteroatoms. The topological polar surface area (TPSA) is 92.3 Å². The number of nitrogens with zero attached hydrogens (tertiary/aromatic N) is 4. The van der Waals surface area contributed by atoms with Crippen LogP contribution in [-0.2, 0) is 6.54 Å². The Morgan fingerprint density at radius 3 is 2.43 bits per heavy atom. The summed E-state index contributed by atoms with van der Waals surface area (Å²) in [5.41, 5.74) is 1.92. The van der Waals surface area contributed by atoms with Gasteiger partial charge in [0, 0.05) is 21.7 Å². The van der Waals surface area contributed by atoms with Gasteiger partial charge in [0.2, 0.25) is 11.7 Å². The van der Waals surface area contributed by atoms with Gasteiger partial charge in [-0.3, -0.25) is 4.79 Å². The van der Waals surface area contributed by atoms with Crippen LogP contribution in [0.4, 0.5) is 0 Å². The van der Waals surface area contributed by atoms with E-state index >= 15 is 0 Å². The average molecular weight is 469 g/mol. The third-order valence-corrected chi connectivity index (χ3v) is 4.93. The molecule has 152 valence electrons. The molecule has 4 aromatic rings. The Labute approximate surface area is 180 Å². The number of rotatable bonds is 6. The van der Waals surface area contributed by atoms with E-state index in [0.29, 0.717) is 23.0 Å². The summed E-state index contributed by atoms with van der Waals surface area (Å²) in [6.07, 6.45) is 0. The normalized spacial score (nSPS) is 10.8. The summed E-state index contributed by atoms with van der Waals surface area (Å²) in [7, 11) is 3.14. The van der Waals surface area contributed by atoms with Crippen LogP contribution in [0.5, 0.6) is 11.5 Å². The monoisotopic (exact) mass is 468 g/mol. The smallest absolute Gasteiger partial charge is 0.267 e. The van der Waals surface area contributed by atoms with Gasteiger partial charge in [-0.1, -0.05) is 21.1 Å². The minimum absolute atomic E-state index is 0.0590. The number of hydrogen-bond acceptors (Lipinski definition) is 7. The zero-order chi connectivity index (χ0) is 21.1. The lowest BCUT2D eigenvalue weighted by molar-refractivity contribution is 0.355. The number of methoxy groups -OCH3 is 2. The molecule has 2 aromatic heterocycles. The molecule has 0 atom stereocenters. The maximum Gasteiger partial charge on any atom is 0.267 e. The quantitative estimate of drug-likeness (QED) is 0.424. The van der Waals surface area contributed by atoms with E-state index in [0.717, 1.165) is 15.6 Å². The molecule has 2 heterocycles. The van der Waals surface area contributed by atoms with Crippen molar-refractivity contribution in [3.63, 3.8) is 0 Å². The predicted octanol–water partition coefficient (Wildman–Crippen LogP) is 3.79. The zero-order valence-corrected chi connectivity index (χ0v) is 17.8. The van der Waals surface area contributed by atoms with Crippen molar-refractivity contribution in [1.82, 2.24) is 19.9 Å². The van der Waals surface area contributed by atoms with Crippen molar-refractivity contribution < 1.29 is 14.0 Å². The molecule has 0 saturated carbocycles. The van der Waals surface area contributed by atoms with Crippen molar-refractivity contribution in [2.24, 2.45) is 0 Å². The Balaban J connectivity index is 1.62. The second-order valence-electron chi connectivity index (χ2n) is 6.30. The molecule has 0 spiro atoms. The van der Waals surface area contributed by atoms with Gasteiger partial charge in [0.1, 0.15) is 6.54 Å². The summed E-state index contributed by atoms with van der Waals surface area (Å²) >= 11 is 3.39. The second-order valence-corrected chi connectivity index (χ2v) is 7.22. The predicted molar refractivity (Wildman–Crippen MR) is 114 cm³/mol. The molecule has 0 radical (unpaired) electrons. The number of ether oxygens (including phenoxy) is 2. The van der Waals surface area contributed by atoms with Crippen molar-refractivity contribution in [2.75, 3.05) is 14.2 Å². The maximum absolute atomic E-state index is 12.3. The van der Waals surface area contributed by atoms with Crippen LogP contribution in [0.1, 0.15) is 5.89 Å². The van der Waals surface area contributed by atoms with E-state index < -0.39 is 0 Å². The molecular formula is C21H17BrN4O4. The highest BCUT2D eigenvalue weighted by Gasteiger charge is 2.13. The van der Waals surface area contributed by atoms with Crippen LogP contribution in [0.2, 0.25) is 0 Å². The van der Waals surface area contributed by atoms with Gasteiger partial charge < -0.3 is 14.0 Å². The highest BCUT2D eigenvalue weighted by atomic mass is 79.9. The largest absolute Gasteiger partial charge is 0.493 e. The van der Waals surface area contributed by atoms with E-state index in [1.807, 2.05) is 30.3 Å². The molecule has 8 nitrogen and oxygen atoms in total. The lowest BCUT2D eigenvalue weighted by Gasteiger charge is -2.10. The Kier molecular flexibility index (Phi) is 5.62. The average Bonchev–Trinajstić information content (AvgIpc) is 3.23. The molecule has 30 heavy (non-hydrogen) atoms. The van der Waals surface area contributed by atoms with Crippen LogP contribution in [-0.4, -0.2) is 34.1 Å². The van der Waals surface area contributed by atoms with E-state index in [2.05, 4.69) is 31.2 Å². The Bertz CT molecular complexity index is 1230. The Hall–Kier alpha value is -3.46. The fraction of sp³-hybridized carbons (Fsp3) is 0.143. The van der Waals surface area contributed by atoms with Crippen molar-refractivity contribution in [2.45, 2.75) is 6.54 Å². The molecule has 0 aliphatic heterocycles. The minimum Gasteiger partial charge on any atom is -0.493 e. The van der Waals surface area contributed by atoms with E-state index in [-0.39, 0.29) is 18.0 Å². The third kappa shape index (κ3) is 4.11. The third-order valence-electron chi connectivity index (χ3n) is 4.40. The number of halogens is 1. The summed E-state index contributed by atoms with van der Waals surface area (Å²) in [5.74, 6) is 1.92. The van der Waals surface area contributed by atoms with Gasteiger partial charge in [0.15, 0.2) is 11.5 Å². The van der Waals surface area contributed by atoms with Crippen LogP contribution in [0, 0.1) is 0 Å². The molecule has 4 rings (SSSR count). The molecule has 0 saturated heterocycles. The highest BCUT2D eigenvalue weighted by Crippen LogP contribution is 2.31. The summed E-state index contributed by atoms with van der Waals surface area (Å²) in [6.45, 7) is 0.0590. The second kappa shape index (κ2) is 8.50. The molecule has 0 aliphatic carbocycles. The zero-order valence-electron chi connectivity index (χ0n) is 16.2. The summed E-state index contributed by atoms with van der Waals surface area (Å²) < 4.78 is 18.2. The van der Waals surface area contributed by atoms with Crippen molar-refractivity contribution in [3.8, 4) is 34.1 Å². The molecule has 0 bridgehead atoms. The molecule has 0 fully saturated rings. The van der Waals surface area contributed by atoms with Crippen LogP contribution in [0.15, 0.2) is 68.4 Å². The Morgan fingerprint density at radius 1 is 0.967 bits per heavy atom. The number of aromatic nitrogens is 4. The highest BCUT2D eigenvalue weighted by molar-refractivity contribution is 9.10. The fourth-order valence-electron chi connectivity index (χ4n) is 2.88. The van der Waals surface area contributed by atoms with Crippen LogP contribution in [0.25, 0.3) is 22.6 Å². The van der Waals surface area contributed by atoms with Gasteiger partial charge in [-0.05, 0) is 48.5 Å². The molecular weight excluding hydrogens is 452 g/mol. The molecule has 0 unspecified atom stereocenters. The first-order valence-corrected chi connectivity index (χ1v) is 9.76. The summed E-state index contributed by atoms with van der Waals surface area (Å²) in [4.78, 5) is 16.7. The van der Waals surface area contributed by atoms with E-state index in [1.165, 1.54) is 10.7 Å². The van der Waals surface area contributed by atoms with E-state index in [9.17, 15) is 4.79 Å². The van der Waals surface area contributed by atoms with Crippen LogP contribution < -0.4 is 15.0 Å². The van der Waals surface area contributed by atoms with Gasteiger partial charge in [0.05, 0.1) is 19.9 Å². The SMILES string of the molecule is COc1ccc(-c2ccc(=O)n(Cc3nc(-c4ccc(Br)cc4)no3)n2)cc1OC. The van der Waals surface area contributed by atoms with Crippen molar-refractivity contribution >= 4 is 15.9 Å². The first kappa shape index (κ1) is 19.8. The Morgan fingerprint density at radius 2 is 1.70 bits per heavy atom. The van der Waals surface area contributed by atoms with Gasteiger partial charge in [-0.2, -0.15) is 10.1 Å². The van der Waals surface area contributed by atoms with Gasteiger partial charge in [0.25, 0.3) is 5.56 Å². The summed E-state index contributed by atoms with van der Waals surface area (Å²) in [6, 6.07) is 16.1. The molecule has 0 amide bonds. The first-order valence-electron chi connectivity index (χ1n) is 8.96. The number of hydrogen-bond donors (Lipinski definition) is 0. The summed E-state index contributed by atoms with van der Waals surface area (Å²) in [5, 5.41) is 8.43. The molecule has 2 aromatic carbocycles. The molecule has 0 aliphatic rings. The maximum atomic E-state index is 12.3. The van der Waals surface area contributed by atoms with Gasteiger partial charge >= 0.3 is 0 Å². The van der Waals surface area contributed by atoms with Gasteiger partial charge in [-0.15, -0.1) is 0 Å². The molecule has 0 N–H and O–H groups in total. The fourth-order valence-corrected chi connectivity index (χ4v) is 3.14. The van der Waals surface area contributed by atoms with Gasteiger partial charge in [-0.25, -0.2) is 4.68 Å².